The molecule has 0 fully saturated rings. The molecule has 0 aliphatic carbocycles. The van der Waals surface area contributed by atoms with Gasteiger partial charge in [0.1, 0.15) is 0 Å². The fourth-order valence-corrected chi connectivity index (χ4v) is 0.442. The molecule has 0 saturated heterocycles. The molecule has 0 spiro atoms. The summed E-state index contributed by atoms with van der Waals surface area (Å²) in [4.78, 5) is 0. The van der Waals surface area contributed by atoms with Gasteiger partial charge in [0, 0.05) is 0 Å². The minimum atomic E-state index is 0.356. The largest absolute Gasteiger partial charge is 0.505 e. The summed E-state index contributed by atoms with van der Waals surface area (Å²) in [6, 6.07) is 0. The van der Waals surface area contributed by atoms with Crippen molar-refractivity contribution in [3.63, 3.8) is 0 Å². The molecule has 1 atom stereocenters. The van der Waals surface area contributed by atoms with Crippen molar-refractivity contribution in [2.75, 3.05) is 7.11 Å². The lowest BCUT2D eigenvalue weighted by Crippen LogP contribution is -1.85. The van der Waals surface area contributed by atoms with Crippen LogP contribution < -0.4 is 5.73 Å². The number of nitrogens with two attached hydrogens (primary N) is 1. The Bertz CT molecular complexity index is 107. The molecule has 2 heteroatoms. The summed E-state index contributed by atoms with van der Waals surface area (Å²) in [5.74, 6) is 0.356. The van der Waals surface area contributed by atoms with Crippen LogP contribution in [0.2, 0.25) is 0 Å². The molecule has 0 saturated carbocycles. The minimum Gasteiger partial charge on any atom is -0.505 e. The molecule has 9 heavy (non-hydrogen) atoms. The van der Waals surface area contributed by atoms with E-state index in [4.69, 9.17) is 10.5 Å². The third-order valence-electron chi connectivity index (χ3n) is 0.933. The molecular weight excluding hydrogens is 114 g/mol. The number of allylic oxidation sites excluding steroid dienone is 2. The van der Waals surface area contributed by atoms with Gasteiger partial charge in [0.2, 0.25) is 0 Å². The second-order valence-electron chi connectivity index (χ2n) is 1.81. The quantitative estimate of drug-likeness (QED) is 0.579. The van der Waals surface area contributed by atoms with E-state index in [2.05, 4.69) is 0 Å². The van der Waals surface area contributed by atoms with Crippen LogP contribution in [0.15, 0.2) is 24.6 Å². The van der Waals surface area contributed by atoms with E-state index in [1.165, 1.54) is 6.20 Å². The molecule has 52 valence electrons. The molecule has 0 bridgehead atoms. The number of hydrogen-bond acceptors (Lipinski definition) is 2. The summed E-state index contributed by atoms with van der Waals surface area (Å²) in [6.45, 7) is 2.03. The maximum Gasteiger partial charge on any atom is 0.0790 e. The van der Waals surface area contributed by atoms with Gasteiger partial charge in [-0.15, -0.1) is 0 Å². The lowest BCUT2D eigenvalue weighted by Gasteiger charge is -1.94. The average Bonchev–Trinajstić information content (AvgIpc) is 1.85. The third kappa shape index (κ3) is 4.94. The zero-order valence-corrected chi connectivity index (χ0v) is 5.87. The van der Waals surface area contributed by atoms with Gasteiger partial charge in [-0.25, -0.2) is 0 Å². The number of hydrogen-bond donors (Lipinski definition) is 1. The van der Waals surface area contributed by atoms with Crippen molar-refractivity contribution < 1.29 is 4.74 Å². The average molecular weight is 127 g/mol. The van der Waals surface area contributed by atoms with Crippen molar-refractivity contribution in [1.29, 1.82) is 0 Å². The van der Waals surface area contributed by atoms with Crippen LogP contribution in [0.4, 0.5) is 0 Å². The van der Waals surface area contributed by atoms with Crippen molar-refractivity contribution in [2.45, 2.75) is 6.92 Å². The van der Waals surface area contributed by atoms with E-state index >= 15 is 0 Å². The molecule has 1 unspecified atom stereocenters. The Morgan fingerprint density at radius 3 is 2.56 bits per heavy atom. The number of ether oxygens (including phenoxy) is 1. The Morgan fingerprint density at radius 1 is 1.44 bits per heavy atom. The van der Waals surface area contributed by atoms with Gasteiger partial charge in [0.15, 0.2) is 0 Å². The van der Waals surface area contributed by atoms with Gasteiger partial charge in [0.25, 0.3) is 0 Å². The van der Waals surface area contributed by atoms with Crippen molar-refractivity contribution in [1.82, 2.24) is 0 Å². The van der Waals surface area contributed by atoms with E-state index in [9.17, 15) is 0 Å². The number of methoxy groups -OCH3 is 1. The zero-order chi connectivity index (χ0) is 7.11. The van der Waals surface area contributed by atoms with Gasteiger partial charge >= 0.3 is 0 Å². The molecule has 0 aromatic rings. The molecular formula is C7H13NO. The van der Waals surface area contributed by atoms with Crippen LogP contribution >= 0.6 is 0 Å². The Balaban J connectivity index is 3.48. The van der Waals surface area contributed by atoms with Crippen molar-refractivity contribution in [2.24, 2.45) is 11.7 Å². The highest BCUT2D eigenvalue weighted by molar-refractivity contribution is 4.94. The Kier molecular flexibility index (Phi) is 4.69. The summed E-state index contributed by atoms with van der Waals surface area (Å²) in [6.07, 6.45) is 6.98. The summed E-state index contributed by atoms with van der Waals surface area (Å²) in [5, 5.41) is 0. The highest BCUT2D eigenvalue weighted by Crippen LogP contribution is 1.96. The van der Waals surface area contributed by atoms with E-state index < -0.39 is 0 Å². The van der Waals surface area contributed by atoms with Gasteiger partial charge in [0.05, 0.1) is 13.4 Å². The fraction of sp³-hybridized carbons (Fsp3) is 0.429. The first-order chi connectivity index (χ1) is 4.31. The minimum absolute atomic E-state index is 0.356. The first-order valence-electron chi connectivity index (χ1n) is 2.89. The standard InChI is InChI=1S/C7H13NO/c1-7(3-5-8)4-6-9-2/h3-7H,8H2,1-2H3/b5-3-,6-4?. The topological polar surface area (TPSA) is 35.2 Å². The molecule has 0 amide bonds. The molecule has 0 rings (SSSR count). The maximum absolute atomic E-state index is 5.15. The van der Waals surface area contributed by atoms with E-state index in [1.807, 2.05) is 19.1 Å². The first-order valence-corrected chi connectivity index (χ1v) is 2.89. The number of rotatable bonds is 3. The zero-order valence-electron chi connectivity index (χ0n) is 5.87. The van der Waals surface area contributed by atoms with Gasteiger partial charge in [-0.05, 0) is 18.2 Å². The molecule has 2 N–H and O–H groups in total. The smallest absolute Gasteiger partial charge is 0.0790 e. The van der Waals surface area contributed by atoms with E-state index in [0.717, 1.165) is 0 Å². The molecule has 0 aromatic heterocycles. The molecule has 0 radical (unpaired) electrons. The van der Waals surface area contributed by atoms with Crippen LogP contribution in [0.5, 0.6) is 0 Å². The van der Waals surface area contributed by atoms with Gasteiger partial charge in [-0.2, -0.15) is 0 Å². The van der Waals surface area contributed by atoms with Gasteiger partial charge in [-0.3, -0.25) is 0 Å². The van der Waals surface area contributed by atoms with Crippen molar-refractivity contribution >= 4 is 0 Å². The van der Waals surface area contributed by atoms with Gasteiger partial charge in [-0.1, -0.05) is 13.0 Å². The molecule has 0 aliphatic rings. The summed E-state index contributed by atoms with van der Waals surface area (Å²) in [5.41, 5.74) is 5.15. The van der Waals surface area contributed by atoms with E-state index in [0.29, 0.717) is 5.92 Å². The second-order valence-corrected chi connectivity index (χ2v) is 1.81. The van der Waals surface area contributed by atoms with Crippen LogP contribution in [-0.2, 0) is 4.74 Å². The summed E-state index contributed by atoms with van der Waals surface area (Å²) in [7, 11) is 1.62. The van der Waals surface area contributed by atoms with Crippen molar-refractivity contribution in [3.8, 4) is 0 Å². The summed E-state index contributed by atoms with van der Waals surface area (Å²) < 4.78 is 4.70. The third-order valence-corrected chi connectivity index (χ3v) is 0.933. The van der Waals surface area contributed by atoms with Crippen LogP contribution in [0, 0.1) is 5.92 Å². The lowest BCUT2D eigenvalue weighted by atomic mass is 10.2. The van der Waals surface area contributed by atoms with Crippen LogP contribution in [-0.4, -0.2) is 7.11 Å². The lowest BCUT2D eigenvalue weighted by molar-refractivity contribution is 0.335. The van der Waals surface area contributed by atoms with E-state index in [1.54, 1.807) is 13.4 Å². The van der Waals surface area contributed by atoms with Crippen LogP contribution in [0.25, 0.3) is 0 Å². The molecule has 2 nitrogen and oxygen atoms in total. The van der Waals surface area contributed by atoms with E-state index in [-0.39, 0.29) is 0 Å². The fourth-order valence-electron chi connectivity index (χ4n) is 0.442. The van der Waals surface area contributed by atoms with Crippen LogP contribution in [0.1, 0.15) is 6.92 Å². The molecule has 0 heterocycles. The first kappa shape index (κ1) is 8.08. The Morgan fingerprint density at radius 2 is 2.11 bits per heavy atom. The van der Waals surface area contributed by atoms with Gasteiger partial charge < -0.3 is 10.5 Å². The highest BCUT2D eigenvalue weighted by atomic mass is 16.5. The Hall–Kier alpha value is -0.920. The second kappa shape index (κ2) is 5.22. The predicted molar refractivity (Wildman–Crippen MR) is 38.6 cm³/mol. The van der Waals surface area contributed by atoms with Crippen molar-refractivity contribution in [3.05, 3.63) is 24.6 Å². The highest BCUT2D eigenvalue weighted by Gasteiger charge is 1.85. The Labute approximate surface area is 56.0 Å². The monoisotopic (exact) mass is 127 g/mol. The SMILES string of the molecule is COC=CC(C)/C=C\N. The normalized spacial score (nSPS) is 14.9. The molecule has 0 aliphatic heterocycles. The maximum atomic E-state index is 5.15. The van der Waals surface area contributed by atoms with Crippen LogP contribution in [0.3, 0.4) is 0 Å². The molecule has 0 aromatic carbocycles. The predicted octanol–water partition coefficient (Wildman–Crippen LogP) is 1.26. The summed E-state index contributed by atoms with van der Waals surface area (Å²) >= 11 is 0.